The van der Waals surface area contributed by atoms with E-state index in [9.17, 15) is 0 Å². The van der Waals surface area contributed by atoms with Crippen LogP contribution in [0.5, 0.6) is 0 Å². The summed E-state index contributed by atoms with van der Waals surface area (Å²) in [7, 11) is 2.08. The Morgan fingerprint density at radius 2 is 1.94 bits per heavy atom. The average molecular weight is 254 g/mol. The fourth-order valence-corrected chi connectivity index (χ4v) is 2.93. The number of hydrogen-bond donors (Lipinski definition) is 1. The number of halogens is 1. The van der Waals surface area contributed by atoms with Crippen LogP contribution >= 0.6 is 11.6 Å². The molecule has 1 aromatic rings. The molecule has 94 valence electrons. The SMILES string of the molecule is CC1CCC(N(C)c2c(N)cncc2Cl)CC1. The van der Waals surface area contributed by atoms with Crippen LogP contribution in [0.4, 0.5) is 11.4 Å². The van der Waals surface area contributed by atoms with Crippen molar-refractivity contribution in [3.63, 3.8) is 0 Å². The Bertz CT molecular complexity index is 366. The van der Waals surface area contributed by atoms with Gasteiger partial charge in [0.25, 0.3) is 0 Å². The van der Waals surface area contributed by atoms with Crippen molar-refractivity contribution in [3.05, 3.63) is 17.4 Å². The van der Waals surface area contributed by atoms with E-state index in [1.165, 1.54) is 25.7 Å². The molecule has 1 aliphatic carbocycles. The molecular formula is C13H20ClN3. The molecule has 1 aromatic heterocycles. The molecule has 1 saturated carbocycles. The second-order valence-corrected chi connectivity index (χ2v) is 5.49. The second-order valence-electron chi connectivity index (χ2n) is 5.08. The van der Waals surface area contributed by atoms with Crippen LogP contribution in [0.2, 0.25) is 5.02 Å². The molecule has 0 radical (unpaired) electrons. The largest absolute Gasteiger partial charge is 0.396 e. The fraction of sp³-hybridized carbons (Fsp3) is 0.615. The molecule has 0 saturated heterocycles. The van der Waals surface area contributed by atoms with Gasteiger partial charge < -0.3 is 10.6 Å². The number of nitrogens with zero attached hydrogens (tertiary/aromatic N) is 2. The summed E-state index contributed by atoms with van der Waals surface area (Å²) in [5, 5.41) is 0.645. The molecule has 3 nitrogen and oxygen atoms in total. The highest BCUT2D eigenvalue weighted by Crippen LogP contribution is 2.35. The molecule has 0 unspecified atom stereocenters. The Morgan fingerprint density at radius 3 is 2.53 bits per heavy atom. The molecule has 17 heavy (non-hydrogen) atoms. The van der Waals surface area contributed by atoms with Gasteiger partial charge in [0.1, 0.15) is 0 Å². The lowest BCUT2D eigenvalue weighted by Crippen LogP contribution is -2.35. The molecular weight excluding hydrogens is 234 g/mol. The Labute approximate surface area is 108 Å². The van der Waals surface area contributed by atoms with Gasteiger partial charge in [-0.15, -0.1) is 0 Å². The predicted octanol–water partition coefficient (Wildman–Crippen LogP) is 3.33. The third-order valence-corrected chi connectivity index (χ3v) is 4.06. The standard InChI is InChI=1S/C13H20ClN3/c1-9-3-5-10(6-4-9)17(2)13-11(14)7-16-8-12(13)15/h7-10H,3-6,15H2,1-2H3. The van der Waals surface area contributed by atoms with Crippen LogP contribution in [0.15, 0.2) is 12.4 Å². The van der Waals surface area contributed by atoms with Gasteiger partial charge in [-0.25, -0.2) is 0 Å². The van der Waals surface area contributed by atoms with Gasteiger partial charge in [-0.05, 0) is 31.6 Å². The van der Waals surface area contributed by atoms with E-state index < -0.39 is 0 Å². The maximum atomic E-state index is 6.19. The molecule has 0 bridgehead atoms. The van der Waals surface area contributed by atoms with Crippen molar-refractivity contribution in [1.29, 1.82) is 0 Å². The maximum absolute atomic E-state index is 6.19. The monoisotopic (exact) mass is 253 g/mol. The quantitative estimate of drug-likeness (QED) is 0.879. The van der Waals surface area contributed by atoms with Gasteiger partial charge >= 0.3 is 0 Å². The van der Waals surface area contributed by atoms with Crippen molar-refractivity contribution >= 4 is 23.0 Å². The molecule has 1 aliphatic rings. The van der Waals surface area contributed by atoms with Crippen LogP contribution in [-0.2, 0) is 0 Å². The Hall–Kier alpha value is -0.960. The second kappa shape index (κ2) is 5.13. The third-order valence-electron chi connectivity index (χ3n) is 3.79. The zero-order valence-corrected chi connectivity index (χ0v) is 11.2. The van der Waals surface area contributed by atoms with Crippen LogP contribution in [0.3, 0.4) is 0 Å². The Balaban J connectivity index is 2.16. The van der Waals surface area contributed by atoms with E-state index in [2.05, 4.69) is 23.9 Å². The molecule has 0 aromatic carbocycles. The van der Waals surface area contributed by atoms with Crippen LogP contribution in [0.25, 0.3) is 0 Å². The van der Waals surface area contributed by atoms with Gasteiger partial charge in [-0.3, -0.25) is 4.98 Å². The minimum atomic E-state index is 0.549. The fourth-order valence-electron chi connectivity index (χ4n) is 2.63. The minimum Gasteiger partial charge on any atom is -0.396 e. The molecule has 1 heterocycles. The summed E-state index contributed by atoms with van der Waals surface area (Å²) in [5.41, 5.74) is 7.56. The summed E-state index contributed by atoms with van der Waals surface area (Å²) in [6, 6.07) is 0.549. The summed E-state index contributed by atoms with van der Waals surface area (Å²) in [5.74, 6) is 0.852. The molecule has 0 amide bonds. The van der Waals surface area contributed by atoms with Crippen molar-refractivity contribution in [2.75, 3.05) is 17.7 Å². The zero-order chi connectivity index (χ0) is 12.4. The first kappa shape index (κ1) is 12.5. The van der Waals surface area contributed by atoms with E-state index in [-0.39, 0.29) is 0 Å². The first-order valence-electron chi connectivity index (χ1n) is 6.21. The lowest BCUT2D eigenvalue weighted by molar-refractivity contribution is 0.341. The van der Waals surface area contributed by atoms with Crippen LogP contribution < -0.4 is 10.6 Å². The molecule has 0 atom stereocenters. The van der Waals surface area contributed by atoms with Gasteiger partial charge in [0.05, 0.1) is 22.6 Å². The number of rotatable bonds is 2. The van der Waals surface area contributed by atoms with Gasteiger partial charge in [-0.1, -0.05) is 18.5 Å². The van der Waals surface area contributed by atoms with Crippen molar-refractivity contribution < 1.29 is 0 Å². The summed E-state index contributed by atoms with van der Waals surface area (Å²) in [6.07, 6.45) is 8.35. The van der Waals surface area contributed by atoms with Gasteiger partial charge in [0.2, 0.25) is 0 Å². The zero-order valence-electron chi connectivity index (χ0n) is 10.5. The molecule has 0 aliphatic heterocycles. The van der Waals surface area contributed by atoms with E-state index in [1.54, 1.807) is 12.4 Å². The predicted molar refractivity (Wildman–Crippen MR) is 73.5 cm³/mol. The van der Waals surface area contributed by atoms with Gasteiger partial charge in [0.15, 0.2) is 0 Å². The normalized spacial score (nSPS) is 24.6. The summed E-state index contributed by atoms with van der Waals surface area (Å²) >= 11 is 6.19. The number of nitrogens with two attached hydrogens (primary N) is 1. The van der Waals surface area contributed by atoms with Crippen LogP contribution in [-0.4, -0.2) is 18.1 Å². The molecule has 2 N–H and O–H groups in total. The van der Waals surface area contributed by atoms with Gasteiger partial charge in [0, 0.05) is 19.3 Å². The van der Waals surface area contributed by atoms with Crippen LogP contribution in [0, 0.1) is 5.92 Å². The number of nitrogen functional groups attached to an aromatic ring is 1. The highest BCUT2D eigenvalue weighted by molar-refractivity contribution is 6.33. The van der Waals surface area contributed by atoms with E-state index in [0.717, 1.165) is 11.6 Å². The molecule has 2 rings (SSSR count). The van der Waals surface area contributed by atoms with E-state index in [1.807, 2.05) is 0 Å². The lowest BCUT2D eigenvalue weighted by Gasteiger charge is -2.35. The van der Waals surface area contributed by atoms with E-state index >= 15 is 0 Å². The van der Waals surface area contributed by atoms with Crippen molar-refractivity contribution in [2.24, 2.45) is 5.92 Å². The van der Waals surface area contributed by atoms with Crippen molar-refractivity contribution in [3.8, 4) is 0 Å². The Kier molecular flexibility index (Phi) is 3.77. The van der Waals surface area contributed by atoms with Crippen LogP contribution in [0.1, 0.15) is 32.6 Å². The summed E-state index contributed by atoms with van der Waals surface area (Å²) in [6.45, 7) is 2.32. The molecule has 0 spiro atoms. The van der Waals surface area contributed by atoms with E-state index in [0.29, 0.717) is 16.8 Å². The van der Waals surface area contributed by atoms with Crippen molar-refractivity contribution in [2.45, 2.75) is 38.6 Å². The molecule has 4 heteroatoms. The third kappa shape index (κ3) is 2.65. The number of pyridine rings is 1. The number of anilines is 2. The number of aromatic nitrogens is 1. The minimum absolute atomic E-state index is 0.549. The summed E-state index contributed by atoms with van der Waals surface area (Å²) < 4.78 is 0. The van der Waals surface area contributed by atoms with Gasteiger partial charge in [-0.2, -0.15) is 0 Å². The number of hydrogen-bond acceptors (Lipinski definition) is 3. The highest BCUT2D eigenvalue weighted by atomic mass is 35.5. The smallest absolute Gasteiger partial charge is 0.0843 e. The highest BCUT2D eigenvalue weighted by Gasteiger charge is 2.24. The first-order valence-corrected chi connectivity index (χ1v) is 6.59. The summed E-state index contributed by atoms with van der Waals surface area (Å²) in [4.78, 5) is 6.23. The lowest BCUT2D eigenvalue weighted by atomic mass is 9.86. The topological polar surface area (TPSA) is 42.1 Å². The average Bonchev–Trinajstić information content (AvgIpc) is 2.29. The van der Waals surface area contributed by atoms with E-state index in [4.69, 9.17) is 17.3 Å². The Morgan fingerprint density at radius 1 is 1.29 bits per heavy atom. The maximum Gasteiger partial charge on any atom is 0.0843 e. The first-order chi connectivity index (χ1) is 8.09. The molecule has 1 fully saturated rings. The van der Waals surface area contributed by atoms with Crippen molar-refractivity contribution in [1.82, 2.24) is 4.98 Å².